The zero-order valence-corrected chi connectivity index (χ0v) is 13.3. The Bertz CT molecular complexity index is 154. The van der Waals surface area contributed by atoms with Crippen LogP contribution in [-0.2, 0) is 0 Å². The molecule has 0 aromatic rings. The summed E-state index contributed by atoms with van der Waals surface area (Å²) in [4.78, 5) is 0. The lowest BCUT2D eigenvalue weighted by atomic mass is 9.96. The molecule has 16 heavy (non-hydrogen) atoms. The van der Waals surface area contributed by atoms with E-state index in [0.29, 0.717) is 0 Å². The molecule has 0 aliphatic carbocycles. The van der Waals surface area contributed by atoms with E-state index in [1.165, 1.54) is 51.4 Å². The fourth-order valence-corrected chi connectivity index (χ4v) is 2.04. The van der Waals surface area contributed by atoms with Crippen LogP contribution in [0.3, 0.4) is 0 Å². The summed E-state index contributed by atoms with van der Waals surface area (Å²) in [6.45, 7) is 8.94. The highest BCUT2D eigenvalue weighted by Crippen LogP contribution is 2.27. The fraction of sp³-hybridized carbons (Fsp3) is 1.00. The van der Waals surface area contributed by atoms with Gasteiger partial charge in [0.1, 0.15) is 0 Å². The molecule has 98 valence electrons. The zero-order chi connectivity index (χ0) is 12.7. The Morgan fingerprint density at radius 2 is 1.00 bits per heavy atom. The Morgan fingerprint density at radius 1 is 0.688 bits per heavy atom. The molecule has 0 spiro atoms. The first-order valence-electron chi connectivity index (χ1n) is 6.78. The predicted molar refractivity (Wildman–Crippen MR) is 83.1 cm³/mol. The third-order valence-corrected chi connectivity index (χ3v) is 4.78. The summed E-state index contributed by atoms with van der Waals surface area (Å²) < 4.78 is 0.503. The Labute approximate surface area is 114 Å². The summed E-state index contributed by atoms with van der Waals surface area (Å²) in [6, 6.07) is 0. The van der Waals surface area contributed by atoms with Crippen molar-refractivity contribution in [1.82, 2.24) is 0 Å². The SMILES string of the molecule is CCC(C)(S)CCCCCCC(C)(S)CC. The lowest BCUT2D eigenvalue weighted by Crippen LogP contribution is -2.15. The van der Waals surface area contributed by atoms with Gasteiger partial charge in [-0.3, -0.25) is 0 Å². The molecule has 0 amide bonds. The summed E-state index contributed by atoms with van der Waals surface area (Å²) in [5, 5.41) is 0. The van der Waals surface area contributed by atoms with Crippen molar-refractivity contribution in [3.05, 3.63) is 0 Å². The molecular formula is C14H30S2. The summed E-state index contributed by atoms with van der Waals surface area (Å²) in [5.74, 6) is 0. The highest BCUT2D eigenvalue weighted by Gasteiger charge is 2.16. The summed E-state index contributed by atoms with van der Waals surface area (Å²) >= 11 is 9.32. The number of hydrogen-bond acceptors (Lipinski definition) is 2. The lowest BCUT2D eigenvalue weighted by Gasteiger charge is -2.22. The van der Waals surface area contributed by atoms with Crippen LogP contribution in [0.1, 0.15) is 79.1 Å². The van der Waals surface area contributed by atoms with Gasteiger partial charge >= 0.3 is 0 Å². The first-order chi connectivity index (χ1) is 7.33. The normalized spacial score (nSPS) is 19.1. The number of thiol groups is 2. The molecule has 0 aromatic carbocycles. The molecule has 2 heteroatoms. The van der Waals surface area contributed by atoms with Crippen molar-refractivity contribution in [3.8, 4) is 0 Å². The van der Waals surface area contributed by atoms with Crippen molar-refractivity contribution in [1.29, 1.82) is 0 Å². The van der Waals surface area contributed by atoms with Crippen molar-refractivity contribution in [3.63, 3.8) is 0 Å². The minimum absolute atomic E-state index is 0.251. The van der Waals surface area contributed by atoms with Crippen LogP contribution in [-0.4, -0.2) is 9.49 Å². The molecule has 0 saturated heterocycles. The van der Waals surface area contributed by atoms with Gasteiger partial charge in [-0.25, -0.2) is 0 Å². The predicted octanol–water partition coefficient (Wildman–Crippen LogP) is 5.52. The molecule has 0 heterocycles. The average Bonchev–Trinajstić information content (AvgIpc) is 2.23. The molecule has 0 aromatic heterocycles. The molecule has 2 unspecified atom stereocenters. The monoisotopic (exact) mass is 262 g/mol. The van der Waals surface area contributed by atoms with Crippen molar-refractivity contribution in [2.24, 2.45) is 0 Å². The van der Waals surface area contributed by atoms with Crippen LogP contribution in [0.4, 0.5) is 0 Å². The van der Waals surface area contributed by atoms with Gasteiger partial charge in [0, 0.05) is 9.49 Å². The van der Waals surface area contributed by atoms with Gasteiger partial charge in [-0.1, -0.05) is 53.4 Å². The van der Waals surface area contributed by atoms with Gasteiger partial charge in [-0.05, 0) is 25.7 Å². The van der Waals surface area contributed by atoms with Gasteiger partial charge < -0.3 is 0 Å². The van der Waals surface area contributed by atoms with Gasteiger partial charge in [0.05, 0.1) is 0 Å². The van der Waals surface area contributed by atoms with E-state index >= 15 is 0 Å². The molecule has 0 aliphatic heterocycles. The van der Waals surface area contributed by atoms with Crippen molar-refractivity contribution in [2.45, 2.75) is 88.6 Å². The van der Waals surface area contributed by atoms with Crippen LogP contribution < -0.4 is 0 Å². The molecule has 0 nitrogen and oxygen atoms in total. The number of unbranched alkanes of at least 4 members (excludes halogenated alkanes) is 3. The zero-order valence-electron chi connectivity index (χ0n) is 11.6. The smallest absolute Gasteiger partial charge is 0.00987 e. The van der Waals surface area contributed by atoms with Gasteiger partial charge in [-0.15, -0.1) is 0 Å². The van der Waals surface area contributed by atoms with E-state index in [4.69, 9.17) is 0 Å². The Kier molecular flexibility index (Phi) is 8.26. The van der Waals surface area contributed by atoms with E-state index in [9.17, 15) is 0 Å². The van der Waals surface area contributed by atoms with Crippen LogP contribution >= 0.6 is 25.3 Å². The molecule has 0 saturated carbocycles. The molecule has 0 N–H and O–H groups in total. The van der Waals surface area contributed by atoms with Crippen LogP contribution in [0.2, 0.25) is 0 Å². The minimum atomic E-state index is 0.251. The van der Waals surface area contributed by atoms with E-state index in [-0.39, 0.29) is 9.49 Å². The first kappa shape index (κ1) is 16.7. The molecule has 0 bridgehead atoms. The summed E-state index contributed by atoms with van der Waals surface area (Å²) in [6.07, 6.45) is 10.2. The molecular weight excluding hydrogens is 232 g/mol. The summed E-state index contributed by atoms with van der Waals surface area (Å²) in [7, 11) is 0. The van der Waals surface area contributed by atoms with Crippen molar-refractivity contribution >= 4 is 25.3 Å². The van der Waals surface area contributed by atoms with Crippen molar-refractivity contribution in [2.75, 3.05) is 0 Å². The second-order valence-electron chi connectivity index (χ2n) is 5.62. The number of rotatable bonds is 9. The third kappa shape index (κ3) is 8.81. The second-order valence-corrected chi connectivity index (χ2v) is 7.77. The minimum Gasteiger partial charge on any atom is -0.173 e. The highest BCUT2D eigenvalue weighted by atomic mass is 32.1. The average molecular weight is 263 g/mol. The molecule has 0 fully saturated rings. The second kappa shape index (κ2) is 7.92. The Hall–Kier alpha value is 0.700. The number of hydrogen-bond donors (Lipinski definition) is 2. The van der Waals surface area contributed by atoms with Crippen molar-refractivity contribution < 1.29 is 0 Å². The molecule has 0 radical (unpaired) electrons. The van der Waals surface area contributed by atoms with E-state index in [1.807, 2.05) is 0 Å². The van der Waals surface area contributed by atoms with Crippen LogP contribution in [0.5, 0.6) is 0 Å². The third-order valence-electron chi connectivity index (χ3n) is 3.70. The topological polar surface area (TPSA) is 0 Å². The van der Waals surface area contributed by atoms with E-state index in [2.05, 4.69) is 53.0 Å². The van der Waals surface area contributed by atoms with Crippen LogP contribution in [0.25, 0.3) is 0 Å². The van der Waals surface area contributed by atoms with E-state index in [0.717, 1.165) is 0 Å². The maximum atomic E-state index is 4.66. The lowest BCUT2D eigenvalue weighted by molar-refractivity contribution is 0.487. The first-order valence-corrected chi connectivity index (χ1v) is 7.67. The van der Waals surface area contributed by atoms with Crippen LogP contribution in [0.15, 0.2) is 0 Å². The molecule has 0 rings (SSSR count). The van der Waals surface area contributed by atoms with E-state index in [1.54, 1.807) is 0 Å². The van der Waals surface area contributed by atoms with Gasteiger partial charge in [0.2, 0.25) is 0 Å². The van der Waals surface area contributed by atoms with Crippen LogP contribution in [0, 0.1) is 0 Å². The largest absolute Gasteiger partial charge is 0.173 e. The van der Waals surface area contributed by atoms with Gasteiger partial charge in [0.25, 0.3) is 0 Å². The maximum Gasteiger partial charge on any atom is 0.00987 e. The van der Waals surface area contributed by atoms with E-state index < -0.39 is 0 Å². The maximum absolute atomic E-state index is 4.66. The van der Waals surface area contributed by atoms with Gasteiger partial charge in [0.15, 0.2) is 0 Å². The molecule has 2 atom stereocenters. The summed E-state index contributed by atoms with van der Waals surface area (Å²) in [5.41, 5.74) is 0. The van der Waals surface area contributed by atoms with Gasteiger partial charge in [-0.2, -0.15) is 25.3 Å². The highest BCUT2D eigenvalue weighted by molar-refractivity contribution is 7.82. The Balaban J connectivity index is 3.42. The molecule has 0 aliphatic rings. The quantitative estimate of drug-likeness (QED) is 0.396. The Morgan fingerprint density at radius 3 is 1.25 bits per heavy atom. The fourth-order valence-electron chi connectivity index (χ4n) is 1.72. The standard InChI is InChI=1S/C14H30S2/c1-5-13(3,15)11-9-7-8-10-12-14(4,16)6-2/h15-16H,5-12H2,1-4H3.